The standard InChI is InChI=1S/C11H17NO2S/c1-11(8-12)7-10(11)6-9-2-4-15(13,14)5-3-9/h9-10H,2-7H2,1H3/t10?,11-/m0/s1. The molecule has 0 radical (unpaired) electrons. The predicted octanol–water partition coefficient (Wildman–Crippen LogP) is 1.75. The topological polar surface area (TPSA) is 57.9 Å². The zero-order valence-corrected chi connectivity index (χ0v) is 9.89. The average Bonchev–Trinajstić information content (AvgIpc) is 2.82. The highest BCUT2D eigenvalue weighted by Crippen LogP contribution is 2.55. The van der Waals surface area contributed by atoms with Gasteiger partial charge in [0.05, 0.1) is 23.0 Å². The van der Waals surface area contributed by atoms with Gasteiger partial charge in [0.1, 0.15) is 9.84 Å². The number of sulfone groups is 1. The third-order valence-electron chi connectivity index (χ3n) is 3.96. The SMILES string of the molecule is C[C@@]1(C#N)CC1CC1CCS(=O)(=O)CC1. The Kier molecular flexibility index (Phi) is 2.54. The molecule has 2 rings (SSSR count). The lowest BCUT2D eigenvalue weighted by Gasteiger charge is -2.21. The van der Waals surface area contributed by atoms with Crippen molar-refractivity contribution in [2.24, 2.45) is 17.3 Å². The summed E-state index contributed by atoms with van der Waals surface area (Å²) in [6, 6.07) is 2.35. The summed E-state index contributed by atoms with van der Waals surface area (Å²) in [5.41, 5.74) is -0.101. The van der Waals surface area contributed by atoms with Crippen molar-refractivity contribution >= 4 is 9.84 Å². The molecular formula is C11H17NO2S. The molecule has 0 N–H and O–H groups in total. The Morgan fingerprint density at radius 2 is 2.00 bits per heavy atom. The molecule has 2 aliphatic rings. The molecule has 4 heteroatoms. The number of rotatable bonds is 2. The monoisotopic (exact) mass is 227 g/mol. The van der Waals surface area contributed by atoms with Crippen LogP contribution < -0.4 is 0 Å². The van der Waals surface area contributed by atoms with E-state index in [2.05, 4.69) is 6.07 Å². The van der Waals surface area contributed by atoms with Gasteiger partial charge in [-0.15, -0.1) is 0 Å². The zero-order chi connectivity index (χ0) is 11.1. The number of hydrogen-bond donors (Lipinski definition) is 0. The van der Waals surface area contributed by atoms with Gasteiger partial charge in [0, 0.05) is 0 Å². The number of nitriles is 1. The van der Waals surface area contributed by atoms with Gasteiger partial charge in [0.25, 0.3) is 0 Å². The van der Waals surface area contributed by atoms with E-state index in [9.17, 15) is 8.42 Å². The Morgan fingerprint density at radius 3 is 2.47 bits per heavy atom. The lowest BCUT2D eigenvalue weighted by atomic mass is 9.93. The molecule has 0 bridgehead atoms. The summed E-state index contributed by atoms with van der Waals surface area (Å²) in [5.74, 6) is 1.77. The Labute approximate surface area is 91.4 Å². The second-order valence-corrected chi connectivity index (χ2v) is 7.56. The van der Waals surface area contributed by atoms with Crippen LogP contribution >= 0.6 is 0 Å². The maximum Gasteiger partial charge on any atom is 0.150 e. The minimum atomic E-state index is -2.73. The lowest BCUT2D eigenvalue weighted by Crippen LogP contribution is -2.23. The molecule has 1 saturated heterocycles. The van der Waals surface area contributed by atoms with Crippen LogP contribution in [0.25, 0.3) is 0 Å². The largest absolute Gasteiger partial charge is 0.229 e. The molecule has 0 aromatic heterocycles. The van der Waals surface area contributed by atoms with Gasteiger partial charge in [0.15, 0.2) is 0 Å². The predicted molar refractivity (Wildman–Crippen MR) is 57.8 cm³/mol. The van der Waals surface area contributed by atoms with Crippen LogP contribution in [0.4, 0.5) is 0 Å². The van der Waals surface area contributed by atoms with E-state index in [0.717, 1.165) is 25.7 Å². The summed E-state index contributed by atoms with van der Waals surface area (Å²) in [7, 11) is -2.73. The van der Waals surface area contributed by atoms with Crippen LogP contribution in [0.3, 0.4) is 0 Å². The highest BCUT2D eigenvalue weighted by atomic mass is 32.2. The van der Waals surface area contributed by atoms with Gasteiger partial charge in [-0.05, 0) is 44.4 Å². The minimum Gasteiger partial charge on any atom is -0.229 e. The molecule has 1 heterocycles. The molecule has 3 nitrogen and oxygen atoms in total. The Bertz CT molecular complexity index is 381. The van der Waals surface area contributed by atoms with Crippen molar-refractivity contribution in [2.75, 3.05) is 11.5 Å². The quantitative estimate of drug-likeness (QED) is 0.722. The van der Waals surface area contributed by atoms with Crippen molar-refractivity contribution in [2.45, 2.75) is 32.6 Å². The van der Waals surface area contributed by atoms with Crippen LogP contribution in [0, 0.1) is 28.6 Å². The first kappa shape index (κ1) is 10.9. The zero-order valence-electron chi connectivity index (χ0n) is 9.07. The Morgan fingerprint density at radius 1 is 1.40 bits per heavy atom. The molecule has 2 fully saturated rings. The molecular weight excluding hydrogens is 210 g/mol. The molecule has 84 valence electrons. The van der Waals surface area contributed by atoms with Gasteiger partial charge in [0.2, 0.25) is 0 Å². The molecule has 15 heavy (non-hydrogen) atoms. The highest BCUT2D eigenvalue weighted by Gasteiger charge is 2.51. The first-order chi connectivity index (χ1) is 6.95. The fraction of sp³-hybridized carbons (Fsp3) is 0.909. The van der Waals surface area contributed by atoms with Gasteiger partial charge in [-0.2, -0.15) is 5.26 Å². The number of hydrogen-bond acceptors (Lipinski definition) is 3. The third kappa shape index (κ3) is 2.34. The summed E-state index contributed by atoms with van der Waals surface area (Å²) in [6.07, 6.45) is 3.67. The van der Waals surface area contributed by atoms with E-state index in [4.69, 9.17) is 5.26 Å². The Balaban J connectivity index is 1.82. The van der Waals surface area contributed by atoms with Crippen LogP contribution in [0.2, 0.25) is 0 Å². The van der Waals surface area contributed by atoms with Gasteiger partial charge in [-0.25, -0.2) is 8.42 Å². The average molecular weight is 227 g/mol. The fourth-order valence-electron chi connectivity index (χ4n) is 2.51. The van der Waals surface area contributed by atoms with Crippen LogP contribution in [0.5, 0.6) is 0 Å². The van der Waals surface area contributed by atoms with Crippen LogP contribution in [-0.2, 0) is 9.84 Å². The van der Waals surface area contributed by atoms with Gasteiger partial charge < -0.3 is 0 Å². The first-order valence-corrected chi connectivity index (χ1v) is 7.39. The molecule has 0 spiro atoms. The van der Waals surface area contributed by atoms with Gasteiger partial charge >= 0.3 is 0 Å². The van der Waals surface area contributed by atoms with E-state index in [1.807, 2.05) is 6.92 Å². The molecule has 0 amide bonds. The van der Waals surface area contributed by atoms with Crippen molar-refractivity contribution in [3.05, 3.63) is 0 Å². The maximum atomic E-state index is 11.2. The van der Waals surface area contributed by atoms with Crippen molar-refractivity contribution in [1.29, 1.82) is 5.26 Å². The van der Waals surface area contributed by atoms with E-state index < -0.39 is 9.84 Å². The van der Waals surface area contributed by atoms with Gasteiger partial charge in [-0.3, -0.25) is 0 Å². The van der Waals surface area contributed by atoms with E-state index in [-0.39, 0.29) is 5.41 Å². The second kappa shape index (κ2) is 3.48. The smallest absolute Gasteiger partial charge is 0.150 e. The summed E-state index contributed by atoms with van der Waals surface area (Å²) >= 11 is 0. The fourth-order valence-corrected chi connectivity index (χ4v) is 4.10. The summed E-state index contributed by atoms with van der Waals surface area (Å²) in [4.78, 5) is 0. The molecule has 1 saturated carbocycles. The molecule has 1 aliphatic heterocycles. The van der Waals surface area contributed by atoms with E-state index in [1.54, 1.807) is 0 Å². The molecule has 0 aromatic rings. The van der Waals surface area contributed by atoms with Crippen molar-refractivity contribution in [3.8, 4) is 6.07 Å². The lowest BCUT2D eigenvalue weighted by molar-refractivity contribution is 0.394. The van der Waals surface area contributed by atoms with Crippen molar-refractivity contribution in [3.63, 3.8) is 0 Å². The molecule has 1 aliphatic carbocycles. The molecule has 2 atom stereocenters. The van der Waals surface area contributed by atoms with E-state index in [0.29, 0.717) is 23.3 Å². The van der Waals surface area contributed by atoms with Crippen LogP contribution in [-0.4, -0.2) is 19.9 Å². The van der Waals surface area contributed by atoms with Gasteiger partial charge in [-0.1, -0.05) is 0 Å². The summed E-state index contributed by atoms with van der Waals surface area (Å²) in [5, 5.41) is 8.90. The first-order valence-electron chi connectivity index (χ1n) is 5.57. The minimum absolute atomic E-state index is 0.101. The Hall–Kier alpha value is -0.560. The molecule has 0 aromatic carbocycles. The number of nitrogens with zero attached hydrogens (tertiary/aromatic N) is 1. The summed E-state index contributed by atoms with van der Waals surface area (Å²) in [6.45, 7) is 2.01. The summed E-state index contributed by atoms with van der Waals surface area (Å²) < 4.78 is 22.5. The van der Waals surface area contributed by atoms with Crippen LogP contribution in [0.15, 0.2) is 0 Å². The van der Waals surface area contributed by atoms with E-state index in [1.165, 1.54) is 0 Å². The molecule has 1 unspecified atom stereocenters. The van der Waals surface area contributed by atoms with Crippen LogP contribution in [0.1, 0.15) is 32.6 Å². The second-order valence-electron chi connectivity index (χ2n) is 5.26. The highest BCUT2D eigenvalue weighted by molar-refractivity contribution is 7.91. The third-order valence-corrected chi connectivity index (χ3v) is 5.67. The van der Waals surface area contributed by atoms with Crippen molar-refractivity contribution in [1.82, 2.24) is 0 Å². The van der Waals surface area contributed by atoms with Crippen molar-refractivity contribution < 1.29 is 8.42 Å². The maximum absolute atomic E-state index is 11.2. The van der Waals surface area contributed by atoms with E-state index >= 15 is 0 Å². The normalized spacial score (nSPS) is 39.6.